The number of esters is 2. The van der Waals surface area contributed by atoms with Crippen LogP contribution in [0, 0.1) is 11.3 Å². The van der Waals surface area contributed by atoms with Crippen molar-refractivity contribution in [3.63, 3.8) is 0 Å². The molecular weight excluding hydrogens is 292 g/mol. The van der Waals surface area contributed by atoms with Crippen molar-refractivity contribution in [2.75, 3.05) is 6.61 Å². The molecule has 1 aromatic rings. The SMILES string of the molecule is C[C@@]1([C@H]2CCCOC2=O)C=C[C@@H](OC(=O)c2ccccc2)CC1. The summed E-state index contributed by atoms with van der Waals surface area (Å²) < 4.78 is 10.7. The molecule has 0 amide bonds. The molecule has 0 N–H and O–H groups in total. The van der Waals surface area contributed by atoms with Crippen molar-refractivity contribution < 1.29 is 19.1 Å². The molecule has 0 saturated carbocycles. The van der Waals surface area contributed by atoms with E-state index in [4.69, 9.17) is 9.47 Å². The molecule has 0 aromatic heterocycles. The van der Waals surface area contributed by atoms with Crippen LogP contribution in [0.25, 0.3) is 0 Å². The molecule has 0 unspecified atom stereocenters. The molecule has 122 valence electrons. The van der Waals surface area contributed by atoms with Gasteiger partial charge in [0, 0.05) is 0 Å². The number of hydrogen-bond donors (Lipinski definition) is 0. The predicted molar refractivity (Wildman–Crippen MR) is 85.8 cm³/mol. The fourth-order valence-electron chi connectivity index (χ4n) is 3.41. The number of rotatable bonds is 3. The van der Waals surface area contributed by atoms with Crippen molar-refractivity contribution in [1.82, 2.24) is 0 Å². The normalized spacial score (nSPS) is 30.6. The third-order valence-corrected chi connectivity index (χ3v) is 4.89. The van der Waals surface area contributed by atoms with E-state index in [-0.39, 0.29) is 29.4 Å². The summed E-state index contributed by atoms with van der Waals surface area (Å²) in [5.41, 5.74) is 0.359. The van der Waals surface area contributed by atoms with Gasteiger partial charge in [-0.2, -0.15) is 0 Å². The van der Waals surface area contributed by atoms with E-state index in [1.165, 1.54) is 0 Å². The Bertz CT molecular complexity index is 607. The van der Waals surface area contributed by atoms with E-state index >= 15 is 0 Å². The molecule has 1 fully saturated rings. The minimum atomic E-state index is -0.305. The van der Waals surface area contributed by atoms with Crippen LogP contribution in [0.3, 0.4) is 0 Å². The second-order valence-corrected chi connectivity index (χ2v) is 6.58. The summed E-state index contributed by atoms with van der Waals surface area (Å²) >= 11 is 0. The Morgan fingerprint density at radius 1 is 1.26 bits per heavy atom. The quantitative estimate of drug-likeness (QED) is 0.633. The monoisotopic (exact) mass is 314 g/mol. The van der Waals surface area contributed by atoms with Crippen molar-refractivity contribution in [1.29, 1.82) is 0 Å². The van der Waals surface area contributed by atoms with Crippen LogP contribution in [0.4, 0.5) is 0 Å². The average molecular weight is 314 g/mol. The number of ether oxygens (including phenoxy) is 2. The number of benzene rings is 1. The Balaban J connectivity index is 1.64. The molecule has 0 bridgehead atoms. The lowest BCUT2D eigenvalue weighted by Crippen LogP contribution is -2.39. The van der Waals surface area contributed by atoms with E-state index in [0.29, 0.717) is 12.2 Å². The molecule has 3 atom stereocenters. The molecular formula is C19H22O4. The molecule has 4 heteroatoms. The number of hydrogen-bond acceptors (Lipinski definition) is 4. The Labute approximate surface area is 136 Å². The number of cyclic esters (lactones) is 1. The summed E-state index contributed by atoms with van der Waals surface area (Å²) in [6, 6.07) is 9.00. The summed E-state index contributed by atoms with van der Waals surface area (Å²) in [5.74, 6) is -0.484. The fourth-order valence-corrected chi connectivity index (χ4v) is 3.41. The van der Waals surface area contributed by atoms with E-state index in [0.717, 1.165) is 25.7 Å². The second-order valence-electron chi connectivity index (χ2n) is 6.58. The zero-order chi connectivity index (χ0) is 16.3. The van der Waals surface area contributed by atoms with Gasteiger partial charge in [0.1, 0.15) is 6.10 Å². The van der Waals surface area contributed by atoms with E-state index < -0.39 is 0 Å². The topological polar surface area (TPSA) is 52.6 Å². The van der Waals surface area contributed by atoms with E-state index in [9.17, 15) is 9.59 Å². The van der Waals surface area contributed by atoms with Gasteiger partial charge in [0.15, 0.2) is 0 Å². The maximum absolute atomic E-state index is 12.1. The van der Waals surface area contributed by atoms with Gasteiger partial charge in [0.2, 0.25) is 0 Å². The molecule has 4 nitrogen and oxygen atoms in total. The number of carbonyl (C=O) groups is 2. The summed E-state index contributed by atoms with van der Waals surface area (Å²) in [4.78, 5) is 24.1. The molecule has 3 rings (SSSR count). The molecule has 1 heterocycles. The first-order valence-corrected chi connectivity index (χ1v) is 8.20. The minimum Gasteiger partial charge on any atom is -0.465 e. The molecule has 23 heavy (non-hydrogen) atoms. The van der Waals surface area contributed by atoms with Gasteiger partial charge < -0.3 is 9.47 Å². The second kappa shape index (κ2) is 6.57. The molecule has 1 saturated heterocycles. The zero-order valence-corrected chi connectivity index (χ0v) is 13.4. The maximum atomic E-state index is 12.1. The summed E-state index contributed by atoms with van der Waals surface area (Å²) in [6.07, 6.45) is 7.07. The van der Waals surface area contributed by atoms with E-state index in [1.807, 2.05) is 30.4 Å². The van der Waals surface area contributed by atoms with Crippen LogP contribution in [0.5, 0.6) is 0 Å². The summed E-state index contributed by atoms with van der Waals surface area (Å²) in [6.45, 7) is 2.63. The van der Waals surface area contributed by atoms with Crippen LogP contribution in [0.2, 0.25) is 0 Å². The maximum Gasteiger partial charge on any atom is 0.338 e. The van der Waals surface area contributed by atoms with Crippen molar-refractivity contribution >= 4 is 11.9 Å². The highest BCUT2D eigenvalue weighted by Crippen LogP contribution is 2.42. The average Bonchev–Trinajstić information content (AvgIpc) is 2.58. The largest absolute Gasteiger partial charge is 0.465 e. The standard InChI is InChI=1S/C19H22O4/c1-19(16-8-5-13-22-18(16)21)11-9-15(10-12-19)23-17(20)14-6-3-2-4-7-14/h2-4,6-7,9,11,15-16H,5,8,10,12-13H2,1H3/t15-,16+,19-/m1/s1. The minimum absolute atomic E-state index is 0.0849. The van der Waals surface area contributed by atoms with Gasteiger partial charge in [-0.1, -0.05) is 31.2 Å². The van der Waals surface area contributed by atoms with Gasteiger partial charge in [0.05, 0.1) is 18.1 Å². The van der Waals surface area contributed by atoms with Gasteiger partial charge in [-0.3, -0.25) is 4.79 Å². The smallest absolute Gasteiger partial charge is 0.338 e. The van der Waals surface area contributed by atoms with Crippen molar-refractivity contribution in [2.45, 2.75) is 38.7 Å². The van der Waals surface area contributed by atoms with Crippen LogP contribution in [0.15, 0.2) is 42.5 Å². The number of carbonyl (C=O) groups excluding carboxylic acids is 2. The van der Waals surface area contributed by atoms with Crippen molar-refractivity contribution in [2.24, 2.45) is 11.3 Å². The summed E-state index contributed by atoms with van der Waals surface area (Å²) in [5, 5.41) is 0. The van der Waals surface area contributed by atoms with Crippen LogP contribution in [-0.4, -0.2) is 24.6 Å². The first-order chi connectivity index (χ1) is 11.1. The summed E-state index contributed by atoms with van der Waals surface area (Å²) in [7, 11) is 0. The lowest BCUT2D eigenvalue weighted by atomic mass is 9.68. The first-order valence-electron chi connectivity index (χ1n) is 8.20. The molecule has 1 aliphatic carbocycles. The van der Waals surface area contributed by atoms with Crippen LogP contribution < -0.4 is 0 Å². The van der Waals surface area contributed by atoms with Crippen LogP contribution in [0.1, 0.15) is 43.0 Å². The highest BCUT2D eigenvalue weighted by Gasteiger charge is 2.41. The van der Waals surface area contributed by atoms with Crippen LogP contribution in [-0.2, 0) is 14.3 Å². The highest BCUT2D eigenvalue weighted by molar-refractivity contribution is 5.89. The van der Waals surface area contributed by atoms with Gasteiger partial charge in [-0.15, -0.1) is 0 Å². The Hall–Kier alpha value is -2.10. The molecule has 2 aliphatic rings. The highest BCUT2D eigenvalue weighted by atomic mass is 16.5. The molecule has 1 aliphatic heterocycles. The fraction of sp³-hybridized carbons (Fsp3) is 0.474. The Kier molecular flexibility index (Phi) is 4.51. The number of allylic oxidation sites excluding steroid dienone is 1. The lowest BCUT2D eigenvalue weighted by Gasteiger charge is -2.39. The molecule has 0 radical (unpaired) electrons. The first kappa shape index (κ1) is 15.8. The Morgan fingerprint density at radius 2 is 2.04 bits per heavy atom. The third-order valence-electron chi connectivity index (χ3n) is 4.89. The third kappa shape index (κ3) is 3.46. The predicted octanol–water partition coefficient (Wildman–Crippen LogP) is 3.52. The van der Waals surface area contributed by atoms with Gasteiger partial charge in [-0.05, 0) is 49.3 Å². The van der Waals surface area contributed by atoms with Gasteiger partial charge >= 0.3 is 11.9 Å². The van der Waals surface area contributed by atoms with Gasteiger partial charge in [-0.25, -0.2) is 4.79 Å². The van der Waals surface area contributed by atoms with Crippen molar-refractivity contribution in [3.05, 3.63) is 48.0 Å². The molecule has 0 spiro atoms. The van der Waals surface area contributed by atoms with E-state index in [1.54, 1.807) is 12.1 Å². The van der Waals surface area contributed by atoms with Crippen LogP contribution >= 0.6 is 0 Å². The molecule has 1 aromatic carbocycles. The van der Waals surface area contributed by atoms with E-state index in [2.05, 4.69) is 6.92 Å². The van der Waals surface area contributed by atoms with Crippen molar-refractivity contribution in [3.8, 4) is 0 Å². The van der Waals surface area contributed by atoms with Gasteiger partial charge in [0.25, 0.3) is 0 Å². The lowest BCUT2D eigenvalue weighted by molar-refractivity contribution is -0.157. The Morgan fingerprint density at radius 3 is 2.70 bits per heavy atom. The zero-order valence-electron chi connectivity index (χ0n) is 13.4.